The summed E-state index contributed by atoms with van der Waals surface area (Å²) in [5, 5.41) is 7.44. The Morgan fingerprint density at radius 3 is 2.71 bits per heavy atom. The number of hydrogen-bond acceptors (Lipinski definition) is 3. The Morgan fingerprint density at radius 2 is 1.93 bits per heavy atom. The van der Waals surface area contributed by atoms with Crippen molar-refractivity contribution in [2.24, 2.45) is 0 Å². The quantitative estimate of drug-likeness (QED) is 0.541. The van der Waals surface area contributed by atoms with E-state index in [1.807, 2.05) is 64.8 Å². The molecule has 6 heteroatoms. The zero-order valence-electron chi connectivity index (χ0n) is 15.9. The lowest BCUT2D eigenvalue weighted by Gasteiger charge is -2.08. The highest BCUT2D eigenvalue weighted by atomic mass is 16.1. The normalized spacial score (nSPS) is 11.0. The van der Waals surface area contributed by atoms with Gasteiger partial charge in [0.2, 0.25) is 0 Å². The smallest absolute Gasteiger partial charge is 0.254 e. The van der Waals surface area contributed by atoms with Crippen molar-refractivity contribution in [1.29, 1.82) is 0 Å². The van der Waals surface area contributed by atoms with Gasteiger partial charge in [-0.25, -0.2) is 4.98 Å². The Hall–Kier alpha value is -3.41. The van der Waals surface area contributed by atoms with Gasteiger partial charge in [0, 0.05) is 25.4 Å². The van der Waals surface area contributed by atoms with Gasteiger partial charge in [0.1, 0.15) is 5.65 Å². The fourth-order valence-electron chi connectivity index (χ4n) is 3.37. The van der Waals surface area contributed by atoms with Gasteiger partial charge in [0.05, 0.1) is 29.7 Å². The van der Waals surface area contributed by atoms with E-state index < -0.39 is 0 Å². The molecule has 0 bridgehead atoms. The minimum absolute atomic E-state index is 0.0834. The number of nitrogens with zero attached hydrogens (tertiary/aromatic N) is 4. The van der Waals surface area contributed by atoms with E-state index in [0.29, 0.717) is 25.1 Å². The van der Waals surface area contributed by atoms with E-state index in [4.69, 9.17) is 0 Å². The summed E-state index contributed by atoms with van der Waals surface area (Å²) in [5.74, 6) is -0.0834. The summed E-state index contributed by atoms with van der Waals surface area (Å²) < 4.78 is 3.90. The molecule has 0 fully saturated rings. The zero-order chi connectivity index (χ0) is 19.3. The molecule has 0 aliphatic rings. The highest BCUT2D eigenvalue weighted by molar-refractivity contribution is 5.95. The van der Waals surface area contributed by atoms with Gasteiger partial charge >= 0.3 is 0 Å². The van der Waals surface area contributed by atoms with Gasteiger partial charge in [-0.15, -0.1) is 0 Å². The molecule has 28 heavy (non-hydrogen) atoms. The molecular weight excluding hydrogens is 350 g/mol. The van der Waals surface area contributed by atoms with Gasteiger partial charge in [-0.3, -0.25) is 9.48 Å². The van der Waals surface area contributed by atoms with Crippen LogP contribution in [0.1, 0.15) is 34.2 Å². The van der Waals surface area contributed by atoms with Gasteiger partial charge in [0.15, 0.2) is 0 Å². The highest BCUT2D eigenvalue weighted by Gasteiger charge is 2.16. The Labute approximate surface area is 163 Å². The van der Waals surface area contributed by atoms with Crippen molar-refractivity contribution < 1.29 is 4.79 Å². The summed E-state index contributed by atoms with van der Waals surface area (Å²) in [6.07, 6.45) is 7.08. The van der Waals surface area contributed by atoms with Gasteiger partial charge in [-0.05, 0) is 24.1 Å². The Kier molecular flexibility index (Phi) is 5.19. The van der Waals surface area contributed by atoms with Gasteiger partial charge in [-0.1, -0.05) is 43.3 Å². The third kappa shape index (κ3) is 3.81. The average molecular weight is 373 g/mol. The number of nitrogens with one attached hydrogen (secondary N) is 1. The molecular formula is C22H23N5O. The molecule has 4 rings (SSSR count). The second-order valence-corrected chi connectivity index (χ2v) is 6.71. The summed E-state index contributed by atoms with van der Waals surface area (Å²) in [5.41, 5.74) is 4.64. The molecule has 1 N–H and O–H groups in total. The molecule has 1 amide bonds. The van der Waals surface area contributed by atoms with Crippen molar-refractivity contribution in [3.05, 3.63) is 89.6 Å². The number of imidazole rings is 1. The maximum absolute atomic E-state index is 12.7. The molecule has 3 aromatic heterocycles. The summed E-state index contributed by atoms with van der Waals surface area (Å²) in [6, 6.07) is 16.1. The Balaban J connectivity index is 1.40. The van der Waals surface area contributed by atoms with Crippen molar-refractivity contribution in [2.45, 2.75) is 26.3 Å². The summed E-state index contributed by atoms with van der Waals surface area (Å²) in [6.45, 7) is 3.25. The molecule has 0 saturated heterocycles. The minimum Gasteiger partial charge on any atom is -0.352 e. The Morgan fingerprint density at radius 1 is 1.11 bits per heavy atom. The molecule has 1 aromatic carbocycles. The van der Waals surface area contributed by atoms with Crippen molar-refractivity contribution in [3.8, 4) is 0 Å². The predicted molar refractivity (Wildman–Crippen MR) is 108 cm³/mol. The fourth-order valence-corrected chi connectivity index (χ4v) is 3.37. The van der Waals surface area contributed by atoms with Crippen LogP contribution >= 0.6 is 0 Å². The summed E-state index contributed by atoms with van der Waals surface area (Å²) in [4.78, 5) is 17.2. The van der Waals surface area contributed by atoms with Gasteiger partial charge in [0.25, 0.3) is 5.91 Å². The van der Waals surface area contributed by atoms with E-state index in [0.717, 1.165) is 23.5 Å². The minimum atomic E-state index is -0.0834. The highest BCUT2D eigenvalue weighted by Crippen LogP contribution is 2.12. The van der Waals surface area contributed by atoms with Gasteiger partial charge < -0.3 is 9.72 Å². The standard InChI is InChI=1S/C22H23N5O/c1-2-20-19(14-24-27(20)15-17-8-4-3-5-9-17)22(28)23-12-11-18-16-26-13-7-6-10-21(26)25-18/h3-10,13-14,16H,2,11-12,15H2,1H3,(H,23,28). The topological polar surface area (TPSA) is 64.2 Å². The lowest BCUT2D eigenvalue weighted by atomic mass is 10.1. The maximum Gasteiger partial charge on any atom is 0.254 e. The second kappa shape index (κ2) is 8.08. The van der Waals surface area contributed by atoms with Crippen LogP contribution in [-0.4, -0.2) is 31.6 Å². The molecule has 0 aliphatic heterocycles. The predicted octanol–water partition coefficient (Wildman–Crippen LogP) is 3.11. The fraction of sp³-hybridized carbons (Fsp3) is 0.227. The summed E-state index contributed by atoms with van der Waals surface area (Å²) >= 11 is 0. The number of amides is 1. The van der Waals surface area contributed by atoms with Crippen LogP contribution in [0.15, 0.2) is 67.1 Å². The van der Waals surface area contributed by atoms with Crippen LogP contribution in [0, 0.1) is 0 Å². The van der Waals surface area contributed by atoms with E-state index in [1.54, 1.807) is 6.20 Å². The molecule has 4 aromatic rings. The second-order valence-electron chi connectivity index (χ2n) is 6.71. The third-order valence-corrected chi connectivity index (χ3v) is 4.78. The van der Waals surface area contributed by atoms with E-state index in [2.05, 4.69) is 27.5 Å². The van der Waals surface area contributed by atoms with Crippen LogP contribution in [0.3, 0.4) is 0 Å². The first-order chi connectivity index (χ1) is 13.7. The first kappa shape index (κ1) is 18.0. The number of fused-ring (bicyclic) bond motifs is 1. The first-order valence-electron chi connectivity index (χ1n) is 9.54. The van der Waals surface area contributed by atoms with Crippen molar-refractivity contribution in [1.82, 2.24) is 24.5 Å². The van der Waals surface area contributed by atoms with E-state index in [-0.39, 0.29) is 5.91 Å². The van der Waals surface area contributed by atoms with E-state index >= 15 is 0 Å². The Bertz CT molecular complexity index is 1050. The van der Waals surface area contributed by atoms with E-state index in [9.17, 15) is 4.79 Å². The van der Waals surface area contributed by atoms with Crippen LogP contribution in [-0.2, 0) is 19.4 Å². The van der Waals surface area contributed by atoms with Crippen LogP contribution in [0.4, 0.5) is 0 Å². The number of rotatable bonds is 7. The van der Waals surface area contributed by atoms with Crippen molar-refractivity contribution in [3.63, 3.8) is 0 Å². The van der Waals surface area contributed by atoms with Crippen LogP contribution < -0.4 is 5.32 Å². The van der Waals surface area contributed by atoms with Crippen molar-refractivity contribution in [2.75, 3.05) is 6.54 Å². The monoisotopic (exact) mass is 373 g/mol. The van der Waals surface area contributed by atoms with Crippen molar-refractivity contribution >= 4 is 11.6 Å². The SMILES string of the molecule is CCc1c(C(=O)NCCc2cn3ccccc3n2)cnn1Cc1ccccc1. The number of carbonyl (C=O) groups is 1. The third-order valence-electron chi connectivity index (χ3n) is 4.78. The van der Waals surface area contributed by atoms with E-state index in [1.165, 1.54) is 5.56 Å². The molecule has 6 nitrogen and oxygen atoms in total. The van der Waals surface area contributed by atoms with Crippen LogP contribution in [0.2, 0.25) is 0 Å². The molecule has 142 valence electrons. The largest absolute Gasteiger partial charge is 0.352 e. The zero-order valence-corrected chi connectivity index (χ0v) is 15.9. The van der Waals surface area contributed by atoms with Crippen LogP contribution in [0.25, 0.3) is 5.65 Å². The molecule has 0 saturated carbocycles. The molecule has 0 spiro atoms. The number of carbonyl (C=O) groups excluding carboxylic acids is 1. The maximum atomic E-state index is 12.7. The lowest BCUT2D eigenvalue weighted by molar-refractivity contribution is 0.0953. The first-order valence-corrected chi connectivity index (χ1v) is 9.54. The summed E-state index contributed by atoms with van der Waals surface area (Å²) in [7, 11) is 0. The number of benzene rings is 1. The molecule has 0 radical (unpaired) electrons. The molecule has 0 unspecified atom stereocenters. The molecule has 0 atom stereocenters. The lowest BCUT2D eigenvalue weighted by Crippen LogP contribution is -2.26. The molecule has 3 heterocycles. The number of aromatic nitrogens is 4. The average Bonchev–Trinajstić information content (AvgIpc) is 3.32. The van der Waals surface area contributed by atoms with Gasteiger partial charge in [-0.2, -0.15) is 5.10 Å². The van der Waals surface area contributed by atoms with Crippen LogP contribution in [0.5, 0.6) is 0 Å². The number of pyridine rings is 1. The molecule has 0 aliphatic carbocycles. The number of hydrogen-bond donors (Lipinski definition) is 1.